The Morgan fingerprint density at radius 2 is 2.64 bits per heavy atom. The van der Waals surface area contributed by atoms with Crippen molar-refractivity contribution in [3.05, 3.63) is 16.6 Å². The summed E-state index contributed by atoms with van der Waals surface area (Å²) >= 11 is 1.51. The molecule has 0 aromatic carbocycles. The summed E-state index contributed by atoms with van der Waals surface area (Å²) in [7, 11) is 0. The molecule has 1 aromatic heterocycles. The van der Waals surface area contributed by atoms with Gasteiger partial charge in [0.1, 0.15) is 5.54 Å². The highest BCUT2D eigenvalue weighted by molar-refractivity contribution is 7.09. The minimum absolute atomic E-state index is 0.500. The van der Waals surface area contributed by atoms with Crippen LogP contribution in [0.4, 0.5) is 0 Å². The SMILES string of the molecule is O=C(O)C1(Cc2nccs2)CCCN1. The fourth-order valence-corrected chi connectivity index (χ4v) is 2.54. The Morgan fingerprint density at radius 1 is 1.79 bits per heavy atom. The first-order valence-electron chi connectivity index (χ1n) is 4.60. The number of carboxylic acids is 1. The molecule has 0 amide bonds. The number of carbonyl (C=O) groups is 1. The monoisotopic (exact) mass is 212 g/mol. The first kappa shape index (κ1) is 9.61. The summed E-state index contributed by atoms with van der Waals surface area (Å²) in [5.74, 6) is -0.759. The average Bonchev–Trinajstić information content (AvgIpc) is 2.76. The molecule has 1 atom stereocenters. The normalized spacial score (nSPS) is 26.6. The van der Waals surface area contributed by atoms with Crippen LogP contribution in [0.15, 0.2) is 11.6 Å². The van der Waals surface area contributed by atoms with Crippen LogP contribution in [0.2, 0.25) is 0 Å². The summed E-state index contributed by atoms with van der Waals surface area (Å²) in [6.45, 7) is 0.789. The molecule has 0 spiro atoms. The maximum Gasteiger partial charge on any atom is 0.324 e. The average molecular weight is 212 g/mol. The van der Waals surface area contributed by atoms with Crippen LogP contribution in [0.3, 0.4) is 0 Å². The molecule has 0 radical (unpaired) electrons. The molecule has 0 bridgehead atoms. The van der Waals surface area contributed by atoms with E-state index in [1.165, 1.54) is 11.3 Å². The molecule has 2 N–H and O–H groups in total. The number of hydrogen-bond acceptors (Lipinski definition) is 4. The Morgan fingerprint density at radius 3 is 3.14 bits per heavy atom. The predicted octanol–water partition coefficient (Wildman–Crippen LogP) is 0.892. The van der Waals surface area contributed by atoms with Gasteiger partial charge in [0.05, 0.1) is 5.01 Å². The van der Waals surface area contributed by atoms with E-state index in [-0.39, 0.29) is 0 Å². The van der Waals surface area contributed by atoms with Crippen molar-refractivity contribution in [1.29, 1.82) is 0 Å². The zero-order chi connectivity index (χ0) is 10.0. The van der Waals surface area contributed by atoms with E-state index in [0.29, 0.717) is 12.8 Å². The quantitative estimate of drug-likeness (QED) is 0.781. The van der Waals surface area contributed by atoms with Crippen molar-refractivity contribution in [2.24, 2.45) is 0 Å². The van der Waals surface area contributed by atoms with Gasteiger partial charge in [-0.25, -0.2) is 4.98 Å². The third-order valence-electron chi connectivity index (χ3n) is 2.59. The van der Waals surface area contributed by atoms with Crippen molar-refractivity contribution < 1.29 is 9.90 Å². The Bertz CT molecular complexity index is 318. The smallest absolute Gasteiger partial charge is 0.324 e. The fraction of sp³-hybridized carbons (Fsp3) is 0.556. The van der Waals surface area contributed by atoms with Gasteiger partial charge in [0, 0.05) is 18.0 Å². The van der Waals surface area contributed by atoms with E-state index in [1.807, 2.05) is 5.38 Å². The summed E-state index contributed by atoms with van der Waals surface area (Å²) in [5.41, 5.74) is -0.766. The number of aromatic nitrogens is 1. The number of thiazole rings is 1. The van der Waals surface area contributed by atoms with Gasteiger partial charge < -0.3 is 10.4 Å². The molecule has 14 heavy (non-hydrogen) atoms. The van der Waals surface area contributed by atoms with Gasteiger partial charge in [0.2, 0.25) is 0 Å². The minimum Gasteiger partial charge on any atom is -0.480 e. The van der Waals surface area contributed by atoms with Gasteiger partial charge in [-0.15, -0.1) is 11.3 Å². The van der Waals surface area contributed by atoms with Gasteiger partial charge >= 0.3 is 5.97 Å². The molecule has 1 fully saturated rings. The first-order valence-corrected chi connectivity index (χ1v) is 5.48. The summed E-state index contributed by atoms with van der Waals surface area (Å²) < 4.78 is 0. The molecule has 1 aromatic rings. The summed E-state index contributed by atoms with van der Waals surface area (Å²) in [5, 5.41) is 15.0. The van der Waals surface area contributed by atoms with E-state index < -0.39 is 11.5 Å². The van der Waals surface area contributed by atoms with E-state index in [4.69, 9.17) is 0 Å². The zero-order valence-electron chi connectivity index (χ0n) is 7.69. The van der Waals surface area contributed by atoms with E-state index in [9.17, 15) is 9.90 Å². The molecule has 2 rings (SSSR count). The van der Waals surface area contributed by atoms with Crippen molar-refractivity contribution >= 4 is 17.3 Å². The van der Waals surface area contributed by atoms with Crippen molar-refractivity contribution in [2.75, 3.05) is 6.54 Å². The Kier molecular flexibility index (Phi) is 2.52. The molecular weight excluding hydrogens is 200 g/mol. The lowest BCUT2D eigenvalue weighted by atomic mass is 9.94. The van der Waals surface area contributed by atoms with Gasteiger partial charge in [0.25, 0.3) is 0 Å². The standard InChI is InChI=1S/C9H12N2O2S/c12-8(13)9(2-1-3-11-9)6-7-10-4-5-14-7/h4-5,11H,1-3,6H2,(H,12,13). The van der Waals surface area contributed by atoms with Crippen molar-refractivity contribution in [2.45, 2.75) is 24.8 Å². The third-order valence-corrected chi connectivity index (χ3v) is 3.37. The highest BCUT2D eigenvalue weighted by Gasteiger charge is 2.41. The second kappa shape index (κ2) is 3.67. The number of hydrogen-bond donors (Lipinski definition) is 2. The molecular formula is C9H12N2O2S. The number of carboxylic acid groups (broad SMARTS) is 1. The van der Waals surface area contributed by atoms with Gasteiger partial charge in [-0.05, 0) is 19.4 Å². The number of nitrogens with zero attached hydrogens (tertiary/aromatic N) is 1. The summed E-state index contributed by atoms with van der Waals surface area (Å²) in [4.78, 5) is 15.3. The predicted molar refractivity (Wildman–Crippen MR) is 53.4 cm³/mol. The lowest BCUT2D eigenvalue weighted by molar-refractivity contribution is -0.144. The molecule has 0 aliphatic carbocycles. The van der Waals surface area contributed by atoms with Crippen LogP contribution >= 0.6 is 11.3 Å². The molecule has 4 nitrogen and oxygen atoms in total. The maximum atomic E-state index is 11.2. The Hall–Kier alpha value is -0.940. The lowest BCUT2D eigenvalue weighted by Gasteiger charge is -2.22. The number of nitrogens with one attached hydrogen (secondary N) is 1. The maximum absolute atomic E-state index is 11.2. The van der Waals surface area contributed by atoms with Gasteiger partial charge in [0.15, 0.2) is 0 Å². The fourth-order valence-electron chi connectivity index (χ4n) is 1.81. The molecule has 1 aliphatic rings. The number of aliphatic carboxylic acids is 1. The van der Waals surface area contributed by atoms with E-state index in [0.717, 1.165) is 18.0 Å². The van der Waals surface area contributed by atoms with Crippen LogP contribution in [0.25, 0.3) is 0 Å². The Labute approximate surface area is 86.0 Å². The molecule has 5 heteroatoms. The van der Waals surface area contributed by atoms with E-state index >= 15 is 0 Å². The van der Waals surface area contributed by atoms with Crippen molar-refractivity contribution in [1.82, 2.24) is 10.3 Å². The molecule has 1 saturated heterocycles. The molecule has 1 unspecified atom stereocenters. The van der Waals surface area contributed by atoms with Crippen molar-refractivity contribution in [3.63, 3.8) is 0 Å². The second-order valence-corrected chi connectivity index (χ2v) is 4.50. The van der Waals surface area contributed by atoms with Gasteiger partial charge in [-0.3, -0.25) is 4.79 Å². The largest absolute Gasteiger partial charge is 0.480 e. The molecule has 2 heterocycles. The van der Waals surface area contributed by atoms with Gasteiger partial charge in [-0.1, -0.05) is 0 Å². The van der Waals surface area contributed by atoms with Crippen LogP contribution in [0.1, 0.15) is 17.8 Å². The van der Waals surface area contributed by atoms with E-state index in [1.54, 1.807) is 6.20 Å². The highest BCUT2D eigenvalue weighted by Crippen LogP contribution is 2.25. The van der Waals surface area contributed by atoms with Crippen LogP contribution < -0.4 is 5.32 Å². The molecule has 1 aliphatic heterocycles. The topological polar surface area (TPSA) is 62.2 Å². The lowest BCUT2D eigenvalue weighted by Crippen LogP contribution is -2.49. The third kappa shape index (κ3) is 1.65. The first-order chi connectivity index (χ1) is 6.73. The van der Waals surface area contributed by atoms with Gasteiger partial charge in [-0.2, -0.15) is 0 Å². The van der Waals surface area contributed by atoms with Crippen molar-refractivity contribution in [3.8, 4) is 0 Å². The molecule has 76 valence electrons. The van der Waals surface area contributed by atoms with Crippen LogP contribution in [-0.2, 0) is 11.2 Å². The highest BCUT2D eigenvalue weighted by atomic mass is 32.1. The van der Waals surface area contributed by atoms with Crippen LogP contribution in [0.5, 0.6) is 0 Å². The molecule has 0 saturated carbocycles. The number of rotatable bonds is 3. The minimum atomic E-state index is -0.766. The second-order valence-electron chi connectivity index (χ2n) is 3.52. The summed E-state index contributed by atoms with van der Waals surface area (Å²) in [6, 6.07) is 0. The zero-order valence-corrected chi connectivity index (χ0v) is 8.51. The van der Waals surface area contributed by atoms with E-state index in [2.05, 4.69) is 10.3 Å². The van der Waals surface area contributed by atoms with Crippen LogP contribution in [0, 0.1) is 0 Å². The van der Waals surface area contributed by atoms with Crippen LogP contribution in [-0.4, -0.2) is 28.1 Å². The Balaban J connectivity index is 2.16. The summed E-state index contributed by atoms with van der Waals surface area (Å²) in [6.07, 6.45) is 3.84.